The smallest absolute Gasteiger partial charge is 0.237 e. The number of thiazole rings is 1. The molecule has 0 saturated heterocycles. The van der Waals surface area contributed by atoms with Crippen LogP contribution < -0.4 is 9.46 Å². The van der Waals surface area contributed by atoms with E-state index in [-0.39, 0.29) is 18.2 Å². The molecule has 118 valence electrons. The highest BCUT2D eigenvalue weighted by molar-refractivity contribution is 7.92. The van der Waals surface area contributed by atoms with Gasteiger partial charge >= 0.3 is 0 Å². The molecule has 1 aromatic heterocycles. The summed E-state index contributed by atoms with van der Waals surface area (Å²) >= 11 is 1.48. The minimum atomic E-state index is -3.52. The molecule has 2 aromatic rings. The Hall–Kier alpha value is -1.67. The second-order valence-electron chi connectivity index (χ2n) is 5.06. The molecule has 22 heavy (non-hydrogen) atoms. The van der Waals surface area contributed by atoms with Crippen LogP contribution in [-0.2, 0) is 10.0 Å². The van der Waals surface area contributed by atoms with E-state index in [9.17, 15) is 12.8 Å². The maximum absolute atomic E-state index is 12.8. The quantitative estimate of drug-likeness (QED) is 0.840. The maximum atomic E-state index is 12.8. The highest BCUT2D eigenvalue weighted by Gasteiger charge is 2.29. The first-order valence-corrected chi connectivity index (χ1v) is 9.39. The average Bonchev–Trinajstić information content (AvgIpc) is 3.21. The average molecular weight is 342 g/mol. The van der Waals surface area contributed by atoms with Crippen LogP contribution in [0.15, 0.2) is 29.8 Å². The van der Waals surface area contributed by atoms with Crippen molar-refractivity contribution in [2.75, 3.05) is 17.1 Å². The first-order chi connectivity index (χ1) is 10.5. The van der Waals surface area contributed by atoms with Gasteiger partial charge in [-0.25, -0.2) is 17.8 Å². The third-order valence-corrected chi connectivity index (χ3v) is 5.43. The molecule has 0 atom stereocenters. The van der Waals surface area contributed by atoms with Crippen molar-refractivity contribution >= 4 is 27.2 Å². The van der Waals surface area contributed by atoms with E-state index >= 15 is 0 Å². The summed E-state index contributed by atoms with van der Waals surface area (Å²) in [5, 5.41) is 0. The van der Waals surface area contributed by atoms with E-state index in [1.165, 1.54) is 35.6 Å². The normalized spacial score (nSPS) is 14.8. The molecule has 0 unspecified atom stereocenters. The second kappa shape index (κ2) is 6.21. The summed E-state index contributed by atoms with van der Waals surface area (Å²) < 4.78 is 44.7. The first kappa shape index (κ1) is 15.2. The molecule has 1 fully saturated rings. The van der Waals surface area contributed by atoms with Crippen molar-refractivity contribution in [3.63, 3.8) is 0 Å². The summed E-state index contributed by atoms with van der Waals surface area (Å²) in [5.41, 5.74) is 1.65. The lowest BCUT2D eigenvalue weighted by Crippen LogP contribution is -2.22. The zero-order valence-electron chi connectivity index (χ0n) is 11.7. The number of hydrogen-bond donors (Lipinski definition) is 1. The van der Waals surface area contributed by atoms with Crippen LogP contribution in [-0.4, -0.2) is 25.8 Å². The fourth-order valence-electron chi connectivity index (χ4n) is 1.97. The fraction of sp³-hybridized carbons (Fsp3) is 0.357. The van der Waals surface area contributed by atoms with Gasteiger partial charge in [0.15, 0.2) is 5.82 Å². The van der Waals surface area contributed by atoms with Crippen LogP contribution in [0.3, 0.4) is 0 Å². The van der Waals surface area contributed by atoms with Gasteiger partial charge in [-0.3, -0.25) is 4.72 Å². The molecule has 1 aliphatic carbocycles. The number of nitrogens with zero attached hydrogens (tertiary/aromatic N) is 1. The zero-order valence-corrected chi connectivity index (χ0v) is 13.3. The molecule has 3 rings (SSSR count). The molecule has 0 aliphatic heterocycles. The largest absolute Gasteiger partial charge is 0.492 e. The Balaban J connectivity index is 1.54. The van der Waals surface area contributed by atoms with Crippen LogP contribution in [0.25, 0.3) is 0 Å². The number of anilines is 1. The van der Waals surface area contributed by atoms with E-state index < -0.39 is 10.0 Å². The van der Waals surface area contributed by atoms with Gasteiger partial charge < -0.3 is 4.74 Å². The van der Waals surface area contributed by atoms with Crippen LogP contribution in [0.4, 0.5) is 10.2 Å². The lowest BCUT2D eigenvalue weighted by atomic mass is 10.3. The van der Waals surface area contributed by atoms with Crippen LogP contribution in [0.5, 0.6) is 5.75 Å². The number of rotatable bonds is 7. The maximum Gasteiger partial charge on any atom is 0.237 e. The minimum absolute atomic E-state index is 0.0101. The van der Waals surface area contributed by atoms with E-state index in [1.807, 2.05) is 0 Å². The molecular weight excluding hydrogens is 327 g/mol. The second-order valence-corrected chi connectivity index (χ2v) is 7.79. The van der Waals surface area contributed by atoms with Crippen LogP contribution >= 0.6 is 11.3 Å². The summed E-state index contributed by atoms with van der Waals surface area (Å²) in [6, 6.07) is 5.45. The molecule has 1 aromatic carbocycles. The Bertz CT molecular complexity index is 740. The van der Waals surface area contributed by atoms with Gasteiger partial charge in [0.1, 0.15) is 23.9 Å². The number of halogens is 1. The van der Waals surface area contributed by atoms with E-state index in [0.717, 1.165) is 17.7 Å². The monoisotopic (exact) mass is 342 g/mol. The molecule has 0 amide bonds. The molecule has 1 heterocycles. The van der Waals surface area contributed by atoms with Crippen molar-refractivity contribution in [1.82, 2.24) is 4.98 Å². The Morgan fingerprint density at radius 3 is 2.73 bits per heavy atom. The SMILES string of the molecule is O=S(=O)(CCOc1ccc(F)cc1)Nc1ncsc1C1CC1. The standard InChI is InChI=1S/C14H15FN2O3S2/c15-11-3-5-12(6-4-11)20-7-8-22(18,19)17-14-13(10-1-2-10)21-9-16-14/h3-6,9-10,17H,1-2,7-8H2. The van der Waals surface area contributed by atoms with Gasteiger partial charge in [0.05, 0.1) is 10.4 Å². The molecule has 0 radical (unpaired) electrons. The van der Waals surface area contributed by atoms with Gasteiger partial charge in [0.2, 0.25) is 10.0 Å². The topological polar surface area (TPSA) is 68.3 Å². The highest BCUT2D eigenvalue weighted by Crippen LogP contribution is 2.45. The molecule has 1 N–H and O–H groups in total. The molecule has 0 spiro atoms. The van der Waals surface area contributed by atoms with Crippen molar-refractivity contribution in [2.45, 2.75) is 18.8 Å². The number of hydrogen-bond acceptors (Lipinski definition) is 5. The Morgan fingerprint density at radius 1 is 1.32 bits per heavy atom. The molecule has 0 bridgehead atoms. The minimum Gasteiger partial charge on any atom is -0.492 e. The number of aromatic nitrogens is 1. The summed E-state index contributed by atoms with van der Waals surface area (Å²) in [7, 11) is -3.52. The van der Waals surface area contributed by atoms with E-state index in [0.29, 0.717) is 17.5 Å². The number of sulfonamides is 1. The van der Waals surface area contributed by atoms with Crippen molar-refractivity contribution in [3.8, 4) is 5.75 Å². The van der Waals surface area contributed by atoms with Crippen molar-refractivity contribution < 1.29 is 17.5 Å². The van der Waals surface area contributed by atoms with E-state index in [4.69, 9.17) is 4.74 Å². The number of benzene rings is 1. The molecule has 1 aliphatic rings. The van der Waals surface area contributed by atoms with Gasteiger partial charge in [-0.05, 0) is 43.0 Å². The van der Waals surface area contributed by atoms with Gasteiger partial charge in [0, 0.05) is 0 Å². The van der Waals surface area contributed by atoms with E-state index in [1.54, 1.807) is 5.51 Å². The Labute approximate surface area is 132 Å². The van der Waals surface area contributed by atoms with Crippen molar-refractivity contribution in [2.24, 2.45) is 0 Å². The van der Waals surface area contributed by atoms with Crippen LogP contribution in [0.1, 0.15) is 23.6 Å². The third-order valence-electron chi connectivity index (χ3n) is 3.23. The number of nitrogens with one attached hydrogen (secondary N) is 1. The van der Waals surface area contributed by atoms with Gasteiger partial charge in [-0.1, -0.05) is 0 Å². The fourth-order valence-corrected chi connectivity index (χ4v) is 3.81. The van der Waals surface area contributed by atoms with Crippen molar-refractivity contribution in [1.29, 1.82) is 0 Å². The zero-order chi connectivity index (χ0) is 15.6. The Kier molecular flexibility index (Phi) is 4.30. The van der Waals surface area contributed by atoms with Gasteiger partial charge in [-0.15, -0.1) is 11.3 Å². The van der Waals surface area contributed by atoms with Crippen LogP contribution in [0, 0.1) is 5.82 Å². The van der Waals surface area contributed by atoms with E-state index in [2.05, 4.69) is 9.71 Å². The molecule has 1 saturated carbocycles. The summed E-state index contributed by atoms with van der Waals surface area (Å²) in [5.74, 6) is 0.767. The highest BCUT2D eigenvalue weighted by atomic mass is 32.2. The molecule has 5 nitrogen and oxygen atoms in total. The lowest BCUT2D eigenvalue weighted by molar-refractivity contribution is 0.340. The molecular formula is C14H15FN2O3S2. The summed E-state index contributed by atoms with van der Waals surface area (Å²) in [6.07, 6.45) is 2.18. The lowest BCUT2D eigenvalue weighted by Gasteiger charge is -2.09. The molecule has 8 heteroatoms. The predicted octanol–water partition coefficient (Wildman–Crippen LogP) is 2.98. The van der Waals surface area contributed by atoms with Gasteiger partial charge in [-0.2, -0.15) is 0 Å². The number of ether oxygens (including phenoxy) is 1. The first-order valence-electron chi connectivity index (χ1n) is 6.86. The summed E-state index contributed by atoms with van der Waals surface area (Å²) in [6.45, 7) is -0.0101. The van der Waals surface area contributed by atoms with Crippen molar-refractivity contribution in [3.05, 3.63) is 40.5 Å². The summed E-state index contributed by atoms with van der Waals surface area (Å²) in [4.78, 5) is 5.09. The van der Waals surface area contributed by atoms with Gasteiger partial charge in [0.25, 0.3) is 0 Å². The Morgan fingerprint density at radius 2 is 2.05 bits per heavy atom. The predicted molar refractivity (Wildman–Crippen MR) is 83.4 cm³/mol. The third kappa shape index (κ3) is 3.95. The van der Waals surface area contributed by atoms with Crippen LogP contribution in [0.2, 0.25) is 0 Å².